The lowest BCUT2D eigenvalue weighted by Crippen LogP contribution is -2.65. The van der Waals surface area contributed by atoms with Gasteiger partial charge in [-0.25, -0.2) is 4.79 Å². The van der Waals surface area contributed by atoms with Crippen molar-refractivity contribution in [3.05, 3.63) is 25.3 Å². The first-order chi connectivity index (χ1) is 21.6. The summed E-state index contributed by atoms with van der Waals surface area (Å²) in [6.07, 6.45) is 10.9. The minimum Gasteiger partial charge on any atom is -0.349 e. The van der Waals surface area contributed by atoms with Crippen LogP contribution in [-0.2, 0) is 19.2 Å². The number of urea groups is 1. The molecule has 5 atom stereocenters. The van der Waals surface area contributed by atoms with Gasteiger partial charge in [0.25, 0.3) is 5.91 Å². The molecule has 6 aliphatic rings. The SMILES string of the molecule is C=CCCNC(=O)C(=O)C(CCC=C)NC(=O)[C@@H]1[C@@H]2C(CN1C(=O)[C@@H](NC(=O)NC13CC4CC(CC(C4)C1)C3)C(C)(C)C)C2(Cl)Cl. The van der Waals surface area contributed by atoms with Gasteiger partial charge in [0, 0.05) is 30.5 Å². The number of carbonyl (C=O) groups is 5. The molecule has 4 N–H and O–H groups in total. The third-order valence-electron chi connectivity index (χ3n) is 10.8. The molecule has 0 radical (unpaired) electrons. The average Bonchev–Trinajstić information content (AvgIpc) is 3.27. The number of nitrogens with zero attached hydrogens (tertiary/aromatic N) is 1. The first-order valence-corrected chi connectivity index (χ1v) is 17.5. The van der Waals surface area contributed by atoms with Gasteiger partial charge in [-0.3, -0.25) is 19.2 Å². The van der Waals surface area contributed by atoms with E-state index in [4.69, 9.17) is 23.2 Å². The van der Waals surface area contributed by atoms with Gasteiger partial charge < -0.3 is 26.2 Å². The number of nitrogens with one attached hydrogen (secondary N) is 4. The highest BCUT2D eigenvalue weighted by atomic mass is 35.5. The lowest BCUT2D eigenvalue weighted by Gasteiger charge is -2.56. The van der Waals surface area contributed by atoms with Gasteiger partial charge in [-0.05, 0) is 81.0 Å². The van der Waals surface area contributed by atoms with Crippen LogP contribution < -0.4 is 21.3 Å². The van der Waals surface area contributed by atoms with Crippen molar-refractivity contribution in [3.63, 3.8) is 0 Å². The Balaban J connectivity index is 1.30. The second-order valence-electron chi connectivity index (χ2n) is 15.5. The maximum Gasteiger partial charge on any atom is 0.315 e. The van der Waals surface area contributed by atoms with Crippen LogP contribution in [0.1, 0.15) is 78.6 Å². The summed E-state index contributed by atoms with van der Waals surface area (Å²) < 4.78 is -1.21. The highest BCUT2D eigenvalue weighted by Crippen LogP contribution is 2.65. The van der Waals surface area contributed by atoms with Crippen molar-refractivity contribution < 1.29 is 24.0 Å². The minimum atomic E-state index is -1.21. The molecule has 5 saturated carbocycles. The van der Waals surface area contributed by atoms with Crippen LogP contribution in [0.3, 0.4) is 0 Å². The molecule has 6 rings (SSSR count). The number of rotatable bonds is 13. The predicted molar refractivity (Wildman–Crippen MR) is 177 cm³/mol. The lowest BCUT2D eigenvalue weighted by atomic mass is 9.53. The topological polar surface area (TPSA) is 137 Å². The van der Waals surface area contributed by atoms with E-state index in [1.807, 2.05) is 20.8 Å². The van der Waals surface area contributed by atoms with Crippen molar-refractivity contribution in [1.82, 2.24) is 26.2 Å². The zero-order valence-electron chi connectivity index (χ0n) is 27.2. The normalized spacial score (nSPS) is 32.8. The molecule has 1 heterocycles. The van der Waals surface area contributed by atoms with Gasteiger partial charge in [0.2, 0.25) is 17.6 Å². The summed E-state index contributed by atoms with van der Waals surface area (Å²) in [6.45, 7) is 13.3. The Kier molecular flexibility index (Phi) is 9.92. The highest BCUT2D eigenvalue weighted by Gasteiger charge is 2.74. The van der Waals surface area contributed by atoms with Gasteiger partial charge in [-0.15, -0.1) is 36.4 Å². The molecule has 4 bridgehead atoms. The lowest BCUT2D eigenvalue weighted by molar-refractivity contribution is -0.144. The smallest absolute Gasteiger partial charge is 0.315 e. The van der Waals surface area contributed by atoms with Gasteiger partial charge in [0.1, 0.15) is 16.4 Å². The third kappa shape index (κ3) is 6.98. The summed E-state index contributed by atoms with van der Waals surface area (Å²) in [5, 5.41) is 11.5. The number of halogens is 2. The number of carbonyl (C=O) groups excluding carboxylic acids is 5. The fourth-order valence-corrected chi connectivity index (χ4v) is 9.79. The number of fused-ring (bicyclic) bond motifs is 1. The molecule has 10 nitrogen and oxygen atoms in total. The number of likely N-dealkylation sites (tertiary alicyclic amines) is 1. The van der Waals surface area contributed by atoms with Crippen LogP contribution in [0.4, 0.5) is 4.79 Å². The molecular weight excluding hydrogens is 629 g/mol. The first-order valence-electron chi connectivity index (χ1n) is 16.7. The molecule has 0 aromatic carbocycles. The summed E-state index contributed by atoms with van der Waals surface area (Å²) in [5.41, 5.74) is -0.918. The van der Waals surface area contributed by atoms with Crippen molar-refractivity contribution in [1.29, 1.82) is 0 Å². The maximum absolute atomic E-state index is 14.3. The van der Waals surface area contributed by atoms with Crippen LogP contribution in [0.25, 0.3) is 0 Å². The monoisotopic (exact) mass is 677 g/mol. The van der Waals surface area contributed by atoms with E-state index in [9.17, 15) is 24.0 Å². The van der Waals surface area contributed by atoms with E-state index in [1.165, 1.54) is 24.2 Å². The Labute approximate surface area is 282 Å². The molecule has 0 spiro atoms. The van der Waals surface area contributed by atoms with E-state index in [2.05, 4.69) is 34.4 Å². The number of piperidine rings is 1. The van der Waals surface area contributed by atoms with Crippen LogP contribution >= 0.6 is 23.2 Å². The molecule has 1 aliphatic heterocycles. The second kappa shape index (κ2) is 13.1. The molecule has 0 aromatic heterocycles. The summed E-state index contributed by atoms with van der Waals surface area (Å²) in [4.78, 5) is 68.9. The average molecular weight is 679 g/mol. The number of amides is 5. The van der Waals surface area contributed by atoms with Gasteiger partial charge in [-0.2, -0.15) is 0 Å². The van der Waals surface area contributed by atoms with Gasteiger partial charge >= 0.3 is 6.03 Å². The number of alkyl halides is 2. The van der Waals surface area contributed by atoms with Gasteiger partial charge in [0.05, 0.1) is 6.04 Å². The zero-order valence-corrected chi connectivity index (χ0v) is 28.7. The van der Waals surface area contributed by atoms with E-state index >= 15 is 0 Å². The summed E-state index contributed by atoms with van der Waals surface area (Å²) in [6, 6.07) is -3.52. The summed E-state index contributed by atoms with van der Waals surface area (Å²) in [7, 11) is 0. The van der Waals surface area contributed by atoms with Crippen LogP contribution in [0.2, 0.25) is 0 Å². The van der Waals surface area contributed by atoms with E-state index in [1.54, 1.807) is 12.2 Å². The quantitative estimate of drug-likeness (QED) is 0.101. The molecule has 0 aromatic rings. The third-order valence-corrected chi connectivity index (χ3v) is 11.9. The van der Waals surface area contributed by atoms with Crippen LogP contribution in [0, 0.1) is 35.0 Å². The van der Waals surface area contributed by atoms with E-state index < -0.39 is 57.3 Å². The molecular formula is C34H49Cl2N5O5. The van der Waals surface area contributed by atoms with Crippen LogP contribution in [-0.4, -0.2) is 75.5 Å². The number of allylic oxidation sites excluding steroid dienone is 1. The molecule has 5 amide bonds. The number of hydrogen-bond donors (Lipinski definition) is 4. The number of ketones is 1. The molecule has 2 unspecified atom stereocenters. The fraction of sp³-hybridized carbons (Fsp3) is 0.735. The number of hydrogen-bond acceptors (Lipinski definition) is 5. The molecule has 5 aliphatic carbocycles. The predicted octanol–water partition coefficient (Wildman–Crippen LogP) is 4.01. The van der Waals surface area contributed by atoms with E-state index in [0.717, 1.165) is 19.3 Å². The van der Waals surface area contributed by atoms with Crippen LogP contribution in [0.15, 0.2) is 25.3 Å². The Morgan fingerprint density at radius 2 is 1.52 bits per heavy atom. The fourth-order valence-electron chi connectivity index (χ4n) is 8.96. The minimum absolute atomic E-state index is 0.132. The highest BCUT2D eigenvalue weighted by molar-refractivity contribution is 6.51. The summed E-state index contributed by atoms with van der Waals surface area (Å²) in [5.74, 6) is -1.60. The Morgan fingerprint density at radius 1 is 0.935 bits per heavy atom. The zero-order chi connectivity index (χ0) is 33.6. The van der Waals surface area contributed by atoms with Gasteiger partial charge in [-0.1, -0.05) is 32.9 Å². The van der Waals surface area contributed by atoms with Crippen molar-refractivity contribution in [2.75, 3.05) is 13.1 Å². The van der Waals surface area contributed by atoms with Crippen molar-refractivity contribution in [3.8, 4) is 0 Å². The molecule has 46 heavy (non-hydrogen) atoms. The molecule has 6 fully saturated rings. The Bertz CT molecular complexity index is 1240. The molecule has 12 heteroatoms. The maximum atomic E-state index is 14.3. The van der Waals surface area contributed by atoms with E-state index in [0.29, 0.717) is 30.6 Å². The Hall–Kier alpha value is -2.59. The molecule has 254 valence electrons. The second-order valence-corrected chi connectivity index (χ2v) is 16.9. The van der Waals surface area contributed by atoms with Gasteiger partial charge in [0.15, 0.2) is 0 Å². The summed E-state index contributed by atoms with van der Waals surface area (Å²) >= 11 is 13.1. The number of Topliss-reactive ketones (excluding diaryl/α,β-unsaturated/α-hetero) is 1. The van der Waals surface area contributed by atoms with Crippen molar-refractivity contribution in [2.45, 2.75) is 107 Å². The van der Waals surface area contributed by atoms with Crippen molar-refractivity contribution >= 4 is 52.7 Å². The standard InChI is InChI=1S/C34H49Cl2N5O5/c1-6-8-10-23(26(42)29(44)37-11-9-7-2)38-28(43)25-24-22(34(24,35)36)18-41(25)30(45)27(32(3,4)5)39-31(46)40-33-15-19-12-20(16-33)14-21(13-19)17-33/h6-7,19-25,27H,1-2,8-18H2,3-5H3,(H,37,44)(H,38,43)(H2,39,40,46)/t19?,20?,21?,22?,23?,24-,25-,27+,33?/m0/s1. The largest absolute Gasteiger partial charge is 0.349 e. The van der Waals surface area contributed by atoms with E-state index in [-0.39, 0.29) is 37.0 Å². The van der Waals surface area contributed by atoms with Crippen molar-refractivity contribution in [2.24, 2.45) is 35.0 Å². The molecule has 1 saturated heterocycles. The first kappa shape index (κ1) is 34.7. The Morgan fingerprint density at radius 3 is 2.07 bits per heavy atom. The van der Waals surface area contributed by atoms with Crippen LogP contribution in [0.5, 0.6) is 0 Å².